The van der Waals surface area contributed by atoms with Crippen LogP contribution in [-0.2, 0) is 6.54 Å². The summed E-state index contributed by atoms with van der Waals surface area (Å²) in [5.41, 5.74) is 2.64. The van der Waals surface area contributed by atoms with Gasteiger partial charge in [0.05, 0.1) is 12.6 Å². The molecule has 0 radical (unpaired) electrons. The maximum atomic E-state index is 13.9. The highest BCUT2D eigenvalue weighted by Crippen LogP contribution is 2.30. The summed E-state index contributed by atoms with van der Waals surface area (Å²) >= 11 is 0. The number of hydrogen-bond donors (Lipinski definition) is 0. The van der Waals surface area contributed by atoms with Crippen molar-refractivity contribution in [3.05, 3.63) is 48.3 Å². The van der Waals surface area contributed by atoms with E-state index in [0.717, 1.165) is 35.1 Å². The molecule has 0 saturated carbocycles. The number of ether oxygens (including phenoxy) is 1. The summed E-state index contributed by atoms with van der Waals surface area (Å²) in [6.45, 7) is 2.96. The van der Waals surface area contributed by atoms with Gasteiger partial charge in [-0.2, -0.15) is 5.10 Å². The molecular weight excluding hydrogens is 267 g/mol. The first-order valence-corrected chi connectivity index (χ1v) is 7.04. The van der Waals surface area contributed by atoms with E-state index >= 15 is 0 Å². The van der Waals surface area contributed by atoms with Gasteiger partial charge in [-0.25, -0.2) is 4.39 Å². The molecule has 0 spiro atoms. The van der Waals surface area contributed by atoms with Crippen LogP contribution in [0.15, 0.2) is 42.5 Å². The van der Waals surface area contributed by atoms with Crippen LogP contribution in [0.25, 0.3) is 22.2 Å². The average molecular weight is 284 g/mol. The van der Waals surface area contributed by atoms with E-state index in [4.69, 9.17) is 4.74 Å². The summed E-state index contributed by atoms with van der Waals surface area (Å²) in [6, 6.07) is 13.0. The van der Waals surface area contributed by atoms with Crippen molar-refractivity contribution in [2.24, 2.45) is 0 Å². The monoisotopic (exact) mass is 284 g/mol. The van der Waals surface area contributed by atoms with Crippen molar-refractivity contribution < 1.29 is 9.13 Å². The Morgan fingerprint density at radius 2 is 2.00 bits per heavy atom. The summed E-state index contributed by atoms with van der Waals surface area (Å²) in [7, 11) is 1.46. The molecule has 0 saturated heterocycles. The molecule has 21 heavy (non-hydrogen) atoms. The Bertz CT molecular complexity index is 780. The Hall–Kier alpha value is -2.36. The molecular formula is C17H17FN2O. The fraction of sp³-hybridized carbons (Fsp3) is 0.235. The minimum absolute atomic E-state index is 0.246. The van der Waals surface area contributed by atoms with Gasteiger partial charge < -0.3 is 4.74 Å². The smallest absolute Gasteiger partial charge is 0.165 e. The first kappa shape index (κ1) is 13.6. The van der Waals surface area contributed by atoms with Crippen molar-refractivity contribution in [1.29, 1.82) is 0 Å². The molecule has 1 heterocycles. The van der Waals surface area contributed by atoms with Crippen molar-refractivity contribution in [1.82, 2.24) is 9.78 Å². The van der Waals surface area contributed by atoms with Crippen LogP contribution in [0.1, 0.15) is 13.3 Å². The number of benzene rings is 2. The van der Waals surface area contributed by atoms with Gasteiger partial charge in [-0.1, -0.05) is 25.1 Å². The quantitative estimate of drug-likeness (QED) is 0.715. The number of methoxy groups -OCH3 is 1. The number of nitrogens with zero attached hydrogens (tertiary/aromatic N) is 2. The first-order chi connectivity index (χ1) is 10.2. The third-order valence-corrected chi connectivity index (χ3v) is 3.52. The van der Waals surface area contributed by atoms with Crippen molar-refractivity contribution >= 4 is 10.9 Å². The standard InChI is InChI=1S/C17H17FN2O/c1-3-10-20-15-7-5-4-6-13(15)17(19-20)12-8-9-16(21-2)14(18)11-12/h4-9,11H,3,10H2,1-2H3. The molecule has 3 rings (SSSR count). The van der Waals surface area contributed by atoms with Gasteiger partial charge in [0.2, 0.25) is 0 Å². The normalized spacial score (nSPS) is 11.0. The third-order valence-electron chi connectivity index (χ3n) is 3.52. The van der Waals surface area contributed by atoms with E-state index in [1.54, 1.807) is 6.07 Å². The maximum absolute atomic E-state index is 13.9. The van der Waals surface area contributed by atoms with Crippen molar-refractivity contribution in [3.8, 4) is 17.0 Å². The van der Waals surface area contributed by atoms with Crippen molar-refractivity contribution in [3.63, 3.8) is 0 Å². The van der Waals surface area contributed by atoms with Gasteiger partial charge in [0.15, 0.2) is 11.6 Å². The van der Waals surface area contributed by atoms with E-state index in [-0.39, 0.29) is 11.6 Å². The molecule has 1 aromatic heterocycles. The van der Waals surface area contributed by atoms with Gasteiger partial charge in [0.25, 0.3) is 0 Å². The molecule has 0 bridgehead atoms. The summed E-state index contributed by atoms with van der Waals surface area (Å²) in [6.07, 6.45) is 1.00. The number of aryl methyl sites for hydroxylation is 1. The van der Waals surface area contributed by atoms with E-state index < -0.39 is 0 Å². The van der Waals surface area contributed by atoms with Crippen LogP contribution in [0.3, 0.4) is 0 Å². The predicted molar refractivity (Wildman–Crippen MR) is 82.0 cm³/mol. The Balaban J connectivity index is 2.18. The van der Waals surface area contributed by atoms with Gasteiger partial charge in [0, 0.05) is 17.5 Å². The topological polar surface area (TPSA) is 27.1 Å². The number of halogens is 1. The van der Waals surface area contributed by atoms with Gasteiger partial charge in [-0.05, 0) is 30.7 Å². The zero-order valence-corrected chi connectivity index (χ0v) is 12.1. The fourth-order valence-corrected chi connectivity index (χ4v) is 2.54. The fourth-order valence-electron chi connectivity index (χ4n) is 2.54. The average Bonchev–Trinajstić information content (AvgIpc) is 2.87. The molecule has 0 amide bonds. The molecule has 0 aliphatic rings. The van der Waals surface area contributed by atoms with Gasteiger partial charge in [0.1, 0.15) is 5.69 Å². The SMILES string of the molecule is CCCn1nc(-c2ccc(OC)c(F)c2)c2ccccc21. The number of hydrogen-bond acceptors (Lipinski definition) is 2. The van der Waals surface area contributed by atoms with Crippen LogP contribution in [0.4, 0.5) is 4.39 Å². The molecule has 0 aliphatic carbocycles. The molecule has 0 atom stereocenters. The third kappa shape index (κ3) is 2.37. The van der Waals surface area contributed by atoms with E-state index in [1.165, 1.54) is 13.2 Å². The Kier molecular flexibility index (Phi) is 3.60. The Morgan fingerprint density at radius 1 is 1.19 bits per heavy atom. The minimum Gasteiger partial charge on any atom is -0.494 e. The number of para-hydroxylation sites is 1. The van der Waals surface area contributed by atoms with E-state index in [0.29, 0.717) is 0 Å². The zero-order valence-electron chi connectivity index (χ0n) is 12.1. The summed E-state index contributed by atoms with van der Waals surface area (Å²) < 4.78 is 20.9. The van der Waals surface area contributed by atoms with Crippen LogP contribution in [0, 0.1) is 5.82 Å². The molecule has 3 aromatic rings. The second-order valence-electron chi connectivity index (χ2n) is 4.94. The van der Waals surface area contributed by atoms with Crippen molar-refractivity contribution in [2.45, 2.75) is 19.9 Å². The Morgan fingerprint density at radius 3 is 2.71 bits per heavy atom. The number of aromatic nitrogens is 2. The lowest BCUT2D eigenvalue weighted by Crippen LogP contribution is -1.98. The van der Waals surface area contributed by atoms with Crippen LogP contribution in [-0.4, -0.2) is 16.9 Å². The van der Waals surface area contributed by atoms with E-state index in [1.807, 2.05) is 35.0 Å². The molecule has 0 unspecified atom stereocenters. The first-order valence-electron chi connectivity index (χ1n) is 7.04. The highest BCUT2D eigenvalue weighted by Gasteiger charge is 2.13. The van der Waals surface area contributed by atoms with E-state index in [2.05, 4.69) is 12.0 Å². The minimum atomic E-state index is -0.371. The molecule has 0 aliphatic heterocycles. The highest BCUT2D eigenvalue weighted by molar-refractivity contribution is 5.93. The van der Waals surface area contributed by atoms with Crippen LogP contribution in [0.2, 0.25) is 0 Å². The summed E-state index contributed by atoms with van der Waals surface area (Å²) in [5.74, 6) is -0.125. The second kappa shape index (κ2) is 5.56. The summed E-state index contributed by atoms with van der Waals surface area (Å²) in [5, 5.41) is 5.69. The second-order valence-corrected chi connectivity index (χ2v) is 4.94. The lowest BCUT2D eigenvalue weighted by Gasteiger charge is -2.03. The lowest BCUT2D eigenvalue weighted by atomic mass is 10.1. The van der Waals surface area contributed by atoms with Gasteiger partial charge in [-0.15, -0.1) is 0 Å². The lowest BCUT2D eigenvalue weighted by molar-refractivity contribution is 0.386. The molecule has 108 valence electrons. The summed E-state index contributed by atoms with van der Waals surface area (Å²) in [4.78, 5) is 0. The van der Waals surface area contributed by atoms with Crippen LogP contribution >= 0.6 is 0 Å². The molecule has 2 aromatic carbocycles. The van der Waals surface area contributed by atoms with Crippen LogP contribution < -0.4 is 4.74 Å². The maximum Gasteiger partial charge on any atom is 0.165 e. The van der Waals surface area contributed by atoms with Gasteiger partial charge in [-0.3, -0.25) is 4.68 Å². The zero-order chi connectivity index (χ0) is 14.8. The van der Waals surface area contributed by atoms with Crippen LogP contribution in [0.5, 0.6) is 5.75 Å². The predicted octanol–water partition coefficient (Wildman–Crippen LogP) is 4.26. The van der Waals surface area contributed by atoms with Crippen molar-refractivity contribution in [2.75, 3.05) is 7.11 Å². The molecule has 3 nitrogen and oxygen atoms in total. The number of fused-ring (bicyclic) bond motifs is 1. The molecule has 4 heteroatoms. The largest absolute Gasteiger partial charge is 0.494 e. The highest BCUT2D eigenvalue weighted by atomic mass is 19.1. The number of rotatable bonds is 4. The van der Waals surface area contributed by atoms with Gasteiger partial charge >= 0.3 is 0 Å². The Labute approximate surface area is 123 Å². The van der Waals surface area contributed by atoms with E-state index in [9.17, 15) is 4.39 Å². The molecule has 0 N–H and O–H groups in total. The molecule has 0 fully saturated rings.